The van der Waals surface area contributed by atoms with Crippen LogP contribution in [0.1, 0.15) is 0 Å². The Morgan fingerprint density at radius 1 is 0.455 bits per heavy atom. The highest BCUT2D eigenvalue weighted by atomic mass is 32.2. The molecule has 4 rings (SSSR count). The lowest BCUT2D eigenvalue weighted by Crippen LogP contribution is -2.29. The van der Waals surface area contributed by atoms with E-state index >= 15 is 0 Å². The van der Waals surface area contributed by atoms with Crippen LogP contribution in [0.2, 0.25) is 0 Å². The number of benzene rings is 4. The van der Waals surface area contributed by atoms with Gasteiger partial charge in [0.25, 0.3) is 40.5 Å². The quantitative estimate of drug-likeness (QED) is 0.103. The van der Waals surface area contributed by atoms with Crippen molar-refractivity contribution in [2.24, 2.45) is 0 Å². The molecule has 0 heterocycles. The first kappa shape index (κ1) is 32.5. The van der Waals surface area contributed by atoms with Crippen LogP contribution in [-0.2, 0) is 50.1 Å². The van der Waals surface area contributed by atoms with Crippen LogP contribution >= 0.6 is 0 Å². The van der Waals surface area contributed by atoms with Crippen molar-refractivity contribution in [1.82, 2.24) is 0 Å². The van der Waals surface area contributed by atoms with E-state index in [1.165, 1.54) is 0 Å². The summed E-state index contributed by atoms with van der Waals surface area (Å²) in [5.74, 6) is -5.23. The maximum atomic E-state index is 12.9. The third-order valence-corrected chi connectivity index (χ3v) is 9.17. The highest BCUT2D eigenvalue weighted by molar-refractivity contribution is 7.86. The molecule has 2 amide bonds. The first-order chi connectivity index (χ1) is 20.0. The van der Waals surface area contributed by atoms with E-state index in [1.807, 2.05) is 10.6 Å². The summed E-state index contributed by atoms with van der Waals surface area (Å²) >= 11 is 0. The summed E-state index contributed by atoms with van der Waals surface area (Å²) in [5.41, 5.74) is -1.38. The molecule has 0 fully saturated rings. The van der Waals surface area contributed by atoms with Gasteiger partial charge in [-0.25, -0.2) is 0 Å². The number of amides is 2. The first-order valence-electron chi connectivity index (χ1n) is 11.1. The summed E-state index contributed by atoms with van der Waals surface area (Å²) in [7, 11) is -20.0. The zero-order valence-electron chi connectivity index (χ0n) is 21.0. The molecule has 18 nitrogen and oxygen atoms in total. The number of carbonyl (C=O) groups is 2. The molecule has 234 valence electrons. The molecule has 0 bridgehead atoms. The molecule has 4 aromatic rings. The van der Waals surface area contributed by atoms with Crippen LogP contribution in [0.4, 0.5) is 11.4 Å². The molecule has 0 unspecified atom stereocenters. The molecule has 0 saturated heterocycles. The van der Waals surface area contributed by atoms with Crippen LogP contribution < -0.4 is 10.6 Å². The summed E-state index contributed by atoms with van der Waals surface area (Å²) in [4.78, 5) is 22.0. The topological polar surface area (TPSA) is 316 Å². The number of carbonyl (C=O) groups excluding carboxylic acids is 2. The second-order valence-corrected chi connectivity index (χ2v) is 14.5. The lowest BCUT2D eigenvalue weighted by molar-refractivity contribution is -0.132. The number of hydrogen-bond donors (Lipinski definition) is 8. The maximum absolute atomic E-state index is 12.9. The minimum absolute atomic E-state index is 0.463. The number of anilines is 2. The molecule has 22 heteroatoms. The van der Waals surface area contributed by atoms with E-state index in [0.717, 1.165) is 0 Å². The van der Waals surface area contributed by atoms with Gasteiger partial charge >= 0.3 is 11.8 Å². The van der Waals surface area contributed by atoms with Crippen molar-refractivity contribution in [3.05, 3.63) is 48.5 Å². The molecule has 0 aliphatic rings. The Morgan fingerprint density at radius 2 is 0.705 bits per heavy atom. The number of fused-ring (bicyclic) bond motifs is 2. The Morgan fingerprint density at radius 3 is 0.955 bits per heavy atom. The second kappa shape index (κ2) is 10.6. The van der Waals surface area contributed by atoms with Crippen molar-refractivity contribution in [1.29, 1.82) is 0 Å². The standard InChI is InChI=1S/C22H16N2O16S4/c25-17-7-13(43(35,36)37)3-9-1-11(41(29,30)31)5-15(19(9)17)23-21(27)22(28)24-16-6-12(42(32,33)34)2-10-4-14(44(38,39)40)8-18(26)20(10)16/h1-8,25-26H,(H,23,27)(H,24,28)(H,29,30,31)(H,32,33,34)(H,35,36,37)(H,38,39,40). The van der Waals surface area contributed by atoms with Crippen LogP contribution in [0.3, 0.4) is 0 Å². The number of aromatic hydroxyl groups is 2. The molecule has 0 aliphatic heterocycles. The van der Waals surface area contributed by atoms with Gasteiger partial charge in [0.15, 0.2) is 0 Å². The highest BCUT2D eigenvalue weighted by Crippen LogP contribution is 2.38. The zero-order chi connectivity index (χ0) is 33.2. The van der Waals surface area contributed by atoms with Gasteiger partial charge in [0.2, 0.25) is 0 Å². The minimum atomic E-state index is -5.06. The Hall–Kier alpha value is -4.42. The van der Waals surface area contributed by atoms with E-state index in [-0.39, 0.29) is 0 Å². The Bertz CT molecular complexity index is 2210. The van der Waals surface area contributed by atoms with E-state index < -0.39 is 116 Å². The molecule has 0 radical (unpaired) electrons. The molecule has 0 atom stereocenters. The molecule has 44 heavy (non-hydrogen) atoms. The summed E-state index contributed by atoms with van der Waals surface area (Å²) in [6, 6.07) is 4.89. The Labute approximate surface area is 246 Å². The first-order valence-corrected chi connectivity index (χ1v) is 16.9. The highest BCUT2D eigenvalue weighted by Gasteiger charge is 2.25. The smallest absolute Gasteiger partial charge is 0.314 e. The van der Waals surface area contributed by atoms with Crippen LogP contribution in [0.5, 0.6) is 11.5 Å². The Kier molecular flexibility index (Phi) is 7.85. The predicted octanol–water partition coefficient (Wildman–Crippen LogP) is 0.968. The van der Waals surface area contributed by atoms with Crippen LogP contribution in [-0.4, -0.2) is 73.9 Å². The van der Waals surface area contributed by atoms with Crippen molar-refractivity contribution in [2.75, 3.05) is 10.6 Å². The molecular formula is C22H16N2O16S4. The van der Waals surface area contributed by atoms with Crippen molar-refractivity contribution in [3.8, 4) is 11.5 Å². The van der Waals surface area contributed by atoms with Crippen molar-refractivity contribution in [2.45, 2.75) is 19.6 Å². The molecular weight excluding hydrogens is 677 g/mol. The van der Waals surface area contributed by atoms with Crippen molar-refractivity contribution in [3.63, 3.8) is 0 Å². The van der Waals surface area contributed by atoms with Crippen LogP contribution in [0, 0.1) is 0 Å². The molecule has 0 saturated carbocycles. The van der Waals surface area contributed by atoms with Crippen molar-refractivity contribution >= 4 is 85.2 Å². The number of phenolic OH excluding ortho intramolecular Hbond substituents is 2. The fraction of sp³-hybridized carbons (Fsp3) is 0. The van der Waals surface area contributed by atoms with Gasteiger partial charge in [0.05, 0.1) is 31.0 Å². The van der Waals surface area contributed by atoms with Crippen LogP contribution in [0.15, 0.2) is 68.1 Å². The average molecular weight is 693 g/mol. The molecule has 0 aliphatic carbocycles. The third-order valence-electron chi connectivity index (χ3n) is 5.84. The fourth-order valence-electron chi connectivity index (χ4n) is 4.03. The summed E-state index contributed by atoms with van der Waals surface area (Å²) in [6.45, 7) is 0. The number of phenols is 2. The van der Waals surface area contributed by atoms with E-state index in [4.69, 9.17) is 0 Å². The van der Waals surface area contributed by atoms with Gasteiger partial charge in [-0.3, -0.25) is 27.8 Å². The van der Waals surface area contributed by atoms with Gasteiger partial charge in [-0.15, -0.1) is 0 Å². The lowest BCUT2D eigenvalue weighted by Gasteiger charge is -2.15. The van der Waals surface area contributed by atoms with Gasteiger partial charge in [-0.1, -0.05) is 0 Å². The molecule has 0 spiro atoms. The SMILES string of the molecule is O=C(Nc1cc(S(=O)(=O)O)cc2cc(S(=O)(=O)O)cc(O)c12)C(=O)Nc1cc(S(=O)(=O)O)cc2cc(S(=O)(=O)O)cc(O)c12. The van der Waals surface area contributed by atoms with E-state index in [1.54, 1.807) is 0 Å². The minimum Gasteiger partial charge on any atom is -0.507 e. The monoisotopic (exact) mass is 692 g/mol. The second-order valence-electron chi connectivity index (χ2n) is 8.83. The van der Waals surface area contributed by atoms with E-state index in [0.29, 0.717) is 48.5 Å². The predicted molar refractivity (Wildman–Crippen MR) is 148 cm³/mol. The van der Waals surface area contributed by atoms with Gasteiger partial charge < -0.3 is 20.8 Å². The normalized spacial score (nSPS) is 12.7. The number of rotatable bonds is 6. The number of hydrogen-bond acceptors (Lipinski definition) is 12. The van der Waals surface area contributed by atoms with Gasteiger partial charge in [0.1, 0.15) is 11.5 Å². The molecule has 0 aromatic heterocycles. The molecule has 4 aromatic carbocycles. The largest absolute Gasteiger partial charge is 0.507 e. The maximum Gasteiger partial charge on any atom is 0.314 e. The zero-order valence-corrected chi connectivity index (χ0v) is 24.3. The van der Waals surface area contributed by atoms with Gasteiger partial charge in [0, 0.05) is 22.9 Å². The Balaban J connectivity index is 1.83. The van der Waals surface area contributed by atoms with Gasteiger partial charge in [-0.2, -0.15) is 33.7 Å². The summed E-state index contributed by atoms with van der Waals surface area (Å²) in [6.07, 6.45) is 0. The number of nitrogens with one attached hydrogen (secondary N) is 2. The van der Waals surface area contributed by atoms with E-state index in [9.17, 15) is 71.7 Å². The summed E-state index contributed by atoms with van der Waals surface area (Å²) < 4.78 is 131. The van der Waals surface area contributed by atoms with Crippen LogP contribution in [0.25, 0.3) is 21.5 Å². The van der Waals surface area contributed by atoms with Gasteiger partial charge in [-0.05, 0) is 47.2 Å². The summed E-state index contributed by atoms with van der Waals surface area (Å²) in [5, 5.41) is 22.8. The third kappa shape index (κ3) is 6.56. The fourth-order valence-corrected chi connectivity index (χ4v) is 6.19. The lowest BCUT2D eigenvalue weighted by atomic mass is 10.1. The van der Waals surface area contributed by atoms with E-state index in [2.05, 4.69) is 0 Å². The van der Waals surface area contributed by atoms with Crippen molar-refractivity contribution < 1.29 is 71.7 Å². The average Bonchev–Trinajstić information content (AvgIpc) is 2.85. The molecule has 8 N–H and O–H groups in total.